The zero-order valence-corrected chi connectivity index (χ0v) is 7.45. The Morgan fingerprint density at radius 1 is 1.77 bits per heavy atom. The normalized spacial score (nSPS) is 25.8. The molecule has 1 fully saturated rings. The summed E-state index contributed by atoms with van der Waals surface area (Å²) < 4.78 is 4.79. The van der Waals surface area contributed by atoms with Crippen LogP contribution in [0.2, 0.25) is 0 Å². The van der Waals surface area contributed by atoms with Gasteiger partial charge >= 0.3 is 11.9 Å². The van der Waals surface area contributed by atoms with E-state index in [9.17, 15) is 9.59 Å². The van der Waals surface area contributed by atoms with Gasteiger partial charge in [0.25, 0.3) is 0 Å². The summed E-state index contributed by atoms with van der Waals surface area (Å²) in [6.07, 6.45) is 2.25. The molecule has 1 heterocycles. The molecule has 1 aliphatic rings. The fourth-order valence-electron chi connectivity index (χ4n) is 1.48. The van der Waals surface area contributed by atoms with Crippen LogP contribution in [0.15, 0.2) is 11.6 Å². The van der Waals surface area contributed by atoms with Crippen LogP contribution in [0.25, 0.3) is 0 Å². The summed E-state index contributed by atoms with van der Waals surface area (Å²) >= 11 is 0. The number of allylic oxidation sites excluding steroid dienone is 1. The molecule has 0 aromatic carbocycles. The van der Waals surface area contributed by atoms with Crippen molar-refractivity contribution in [2.24, 2.45) is 5.92 Å². The molecule has 1 N–H and O–H groups in total. The molecule has 0 saturated carbocycles. The van der Waals surface area contributed by atoms with Gasteiger partial charge in [-0.05, 0) is 13.3 Å². The van der Waals surface area contributed by atoms with E-state index in [0.29, 0.717) is 18.6 Å². The van der Waals surface area contributed by atoms with Gasteiger partial charge in [0.05, 0.1) is 13.0 Å². The van der Waals surface area contributed by atoms with Crippen molar-refractivity contribution in [3.05, 3.63) is 11.6 Å². The number of carboxylic acids is 1. The molecule has 0 aromatic heterocycles. The molecule has 72 valence electrons. The Labute approximate surface area is 76.2 Å². The van der Waals surface area contributed by atoms with Gasteiger partial charge in [0, 0.05) is 11.5 Å². The molecule has 0 amide bonds. The summed E-state index contributed by atoms with van der Waals surface area (Å²) in [5, 5.41) is 8.59. The van der Waals surface area contributed by atoms with E-state index in [1.54, 1.807) is 13.0 Å². The third kappa shape index (κ3) is 2.31. The third-order valence-electron chi connectivity index (χ3n) is 2.11. The molecule has 0 spiro atoms. The highest BCUT2D eigenvalue weighted by atomic mass is 16.5. The summed E-state index contributed by atoms with van der Waals surface area (Å²) in [4.78, 5) is 21.6. The van der Waals surface area contributed by atoms with E-state index in [1.807, 2.05) is 0 Å². The number of cyclic esters (lactones) is 1. The Morgan fingerprint density at radius 3 is 3.00 bits per heavy atom. The maximum Gasteiger partial charge on any atom is 0.333 e. The summed E-state index contributed by atoms with van der Waals surface area (Å²) in [6, 6.07) is 0. The van der Waals surface area contributed by atoms with Gasteiger partial charge in [0.1, 0.15) is 0 Å². The van der Waals surface area contributed by atoms with E-state index in [1.165, 1.54) is 0 Å². The number of carbonyl (C=O) groups is 2. The number of rotatable bonds is 2. The van der Waals surface area contributed by atoms with Crippen LogP contribution in [-0.4, -0.2) is 23.7 Å². The smallest absolute Gasteiger partial charge is 0.333 e. The van der Waals surface area contributed by atoms with Gasteiger partial charge in [-0.25, -0.2) is 4.79 Å². The summed E-state index contributed by atoms with van der Waals surface area (Å²) in [5.41, 5.74) is 0.494. The molecular formula is C9H12O4. The van der Waals surface area contributed by atoms with Gasteiger partial charge < -0.3 is 9.84 Å². The van der Waals surface area contributed by atoms with Crippen LogP contribution in [0.1, 0.15) is 19.8 Å². The van der Waals surface area contributed by atoms with E-state index in [-0.39, 0.29) is 18.3 Å². The number of carboxylic acid groups (broad SMARTS) is 1. The molecule has 1 atom stereocenters. The Morgan fingerprint density at radius 2 is 2.46 bits per heavy atom. The topological polar surface area (TPSA) is 63.6 Å². The summed E-state index contributed by atoms with van der Waals surface area (Å²) in [7, 11) is 0. The van der Waals surface area contributed by atoms with Gasteiger partial charge in [0.2, 0.25) is 0 Å². The minimum atomic E-state index is -0.876. The fourth-order valence-corrected chi connectivity index (χ4v) is 1.48. The first kappa shape index (κ1) is 9.77. The van der Waals surface area contributed by atoms with E-state index < -0.39 is 5.97 Å². The van der Waals surface area contributed by atoms with Gasteiger partial charge in [-0.2, -0.15) is 0 Å². The number of hydrogen-bond donors (Lipinski definition) is 1. The second-order valence-electron chi connectivity index (χ2n) is 2.96. The average molecular weight is 184 g/mol. The largest absolute Gasteiger partial charge is 0.481 e. The molecule has 4 heteroatoms. The Kier molecular flexibility index (Phi) is 3.06. The molecule has 1 aliphatic heterocycles. The van der Waals surface area contributed by atoms with E-state index >= 15 is 0 Å². The third-order valence-corrected chi connectivity index (χ3v) is 2.11. The number of esters is 1. The van der Waals surface area contributed by atoms with Crippen LogP contribution in [0.3, 0.4) is 0 Å². The highest BCUT2D eigenvalue weighted by Gasteiger charge is 2.27. The van der Waals surface area contributed by atoms with Crippen LogP contribution >= 0.6 is 0 Å². The van der Waals surface area contributed by atoms with Crippen molar-refractivity contribution in [2.45, 2.75) is 19.8 Å². The summed E-state index contributed by atoms with van der Waals surface area (Å²) in [6.45, 7) is 2.05. The number of ether oxygens (including phenoxy) is 1. The monoisotopic (exact) mass is 184 g/mol. The van der Waals surface area contributed by atoms with Crippen LogP contribution < -0.4 is 0 Å². The van der Waals surface area contributed by atoms with Crippen molar-refractivity contribution in [1.29, 1.82) is 0 Å². The zero-order valence-electron chi connectivity index (χ0n) is 7.45. The van der Waals surface area contributed by atoms with Gasteiger partial charge in [-0.15, -0.1) is 0 Å². The molecule has 0 radical (unpaired) electrons. The Hall–Kier alpha value is -1.32. The first-order valence-corrected chi connectivity index (χ1v) is 4.20. The molecular weight excluding hydrogens is 172 g/mol. The Bertz CT molecular complexity index is 254. The lowest BCUT2D eigenvalue weighted by molar-refractivity contribution is -0.144. The molecule has 13 heavy (non-hydrogen) atoms. The van der Waals surface area contributed by atoms with Gasteiger partial charge in [0.15, 0.2) is 0 Å². The van der Waals surface area contributed by atoms with Crippen LogP contribution in [0.4, 0.5) is 0 Å². The zero-order chi connectivity index (χ0) is 9.84. The number of carbonyl (C=O) groups excluding carboxylic acids is 1. The minimum absolute atomic E-state index is 0.00870. The van der Waals surface area contributed by atoms with Gasteiger partial charge in [-0.3, -0.25) is 4.79 Å². The predicted molar refractivity (Wildman–Crippen MR) is 45.1 cm³/mol. The number of aliphatic carboxylic acids is 1. The van der Waals surface area contributed by atoms with Crippen molar-refractivity contribution in [1.82, 2.24) is 0 Å². The maximum absolute atomic E-state index is 11.1. The average Bonchev–Trinajstić information content (AvgIpc) is 2.03. The molecule has 1 saturated heterocycles. The number of hydrogen-bond acceptors (Lipinski definition) is 3. The molecule has 0 aliphatic carbocycles. The standard InChI is InChI=1S/C9H12O4/c1-2-7-6(5-8(10)11)3-4-13-9(7)12/h2,6H,3-5H2,1H3,(H,10,11). The van der Waals surface area contributed by atoms with E-state index in [2.05, 4.69) is 0 Å². The lowest BCUT2D eigenvalue weighted by Gasteiger charge is -2.22. The fraction of sp³-hybridized carbons (Fsp3) is 0.556. The van der Waals surface area contributed by atoms with E-state index in [4.69, 9.17) is 9.84 Å². The van der Waals surface area contributed by atoms with Crippen molar-refractivity contribution in [2.75, 3.05) is 6.61 Å². The second-order valence-corrected chi connectivity index (χ2v) is 2.96. The first-order chi connectivity index (χ1) is 6.15. The lowest BCUT2D eigenvalue weighted by atomic mass is 9.90. The molecule has 1 unspecified atom stereocenters. The van der Waals surface area contributed by atoms with Gasteiger partial charge in [-0.1, -0.05) is 6.08 Å². The molecule has 0 aromatic rings. The Balaban J connectivity index is 2.71. The van der Waals surface area contributed by atoms with Crippen molar-refractivity contribution < 1.29 is 19.4 Å². The highest BCUT2D eigenvalue weighted by molar-refractivity contribution is 5.90. The minimum Gasteiger partial charge on any atom is -0.481 e. The maximum atomic E-state index is 11.1. The molecule has 1 rings (SSSR count). The first-order valence-electron chi connectivity index (χ1n) is 4.20. The van der Waals surface area contributed by atoms with Crippen molar-refractivity contribution in [3.63, 3.8) is 0 Å². The lowest BCUT2D eigenvalue weighted by Crippen LogP contribution is -2.26. The van der Waals surface area contributed by atoms with Crippen molar-refractivity contribution >= 4 is 11.9 Å². The van der Waals surface area contributed by atoms with Crippen LogP contribution in [0.5, 0.6) is 0 Å². The highest BCUT2D eigenvalue weighted by Crippen LogP contribution is 2.25. The van der Waals surface area contributed by atoms with Crippen molar-refractivity contribution in [3.8, 4) is 0 Å². The van der Waals surface area contributed by atoms with Crippen LogP contribution in [-0.2, 0) is 14.3 Å². The van der Waals surface area contributed by atoms with E-state index in [0.717, 1.165) is 0 Å². The summed E-state index contributed by atoms with van der Waals surface area (Å²) in [5.74, 6) is -1.43. The van der Waals surface area contributed by atoms with Crippen LogP contribution in [0, 0.1) is 5.92 Å². The predicted octanol–water partition coefficient (Wildman–Crippen LogP) is 0.971. The second kappa shape index (κ2) is 4.07. The quantitative estimate of drug-likeness (QED) is 0.513. The molecule has 4 nitrogen and oxygen atoms in total. The molecule has 0 bridgehead atoms. The SMILES string of the molecule is CC=C1C(=O)OCCC1CC(=O)O.